The van der Waals surface area contributed by atoms with E-state index in [0.29, 0.717) is 11.6 Å². The number of benzene rings is 2. The number of fused-ring (bicyclic) bond motifs is 1. The first-order valence-electron chi connectivity index (χ1n) is 8.61. The summed E-state index contributed by atoms with van der Waals surface area (Å²) in [5.74, 6) is 1.01. The summed E-state index contributed by atoms with van der Waals surface area (Å²) in [6.45, 7) is 1.79. The van der Waals surface area contributed by atoms with Crippen LogP contribution in [0.15, 0.2) is 59.7 Å². The van der Waals surface area contributed by atoms with E-state index in [1.165, 1.54) is 24.4 Å². The van der Waals surface area contributed by atoms with E-state index in [2.05, 4.69) is 20.5 Å². The molecule has 0 saturated heterocycles. The zero-order chi connectivity index (χ0) is 20.4. The van der Waals surface area contributed by atoms with Crippen molar-refractivity contribution in [2.45, 2.75) is 6.92 Å². The van der Waals surface area contributed by atoms with Gasteiger partial charge in [-0.1, -0.05) is 30.3 Å². The number of thiophene rings is 1. The monoisotopic (exact) mass is 405 g/mol. The first-order chi connectivity index (χ1) is 14.0. The number of nitrogens with one attached hydrogen (secondary N) is 1. The molecule has 0 aliphatic rings. The van der Waals surface area contributed by atoms with E-state index < -0.39 is 4.92 Å². The minimum Gasteiger partial charge on any atom is -0.507 e. The molecule has 0 amide bonds. The highest BCUT2D eigenvalue weighted by Crippen LogP contribution is 2.35. The van der Waals surface area contributed by atoms with Crippen molar-refractivity contribution in [3.8, 4) is 16.2 Å². The van der Waals surface area contributed by atoms with Gasteiger partial charge in [0.1, 0.15) is 16.4 Å². The lowest BCUT2D eigenvalue weighted by Crippen LogP contribution is -1.98. The molecule has 29 heavy (non-hydrogen) atoms. The second-order valence-electron chi connectivity index (χ2n) is 6.19. The number of anilines is 1. The summed E-state index contributed by atoms with van der Waals surface area (Å²) in [6, 6.07) is 15.7. The van der Waals surface area contributed by atoms with Gasteiger partial charge in [-0.25, -0.2) is 9.97 Å². The molecular weight excluding hydrogens is 390 g/mol. The molecule has 0 fully saturated rings. The van der Waals surface area contributed by atoms with Gasteiger partial charge in [0, 0.05) is 22.6 Å². The van der Waals surface area contributed by atoms with Crippen LogP contribution < -0.4 is 5.43 Å². The van der Waals surface area contributed by atoms with Gasteiger partial charge < -0.3 is 5.11 Å². The molecule has 4 aromatic rings. The Labute approximate surface area is 169 Å². The molecule has 0 unspecified atom stereocenters. The van der Waals surface area contributed by atoms with Crippen LogP contribution in [-0.4, -0.2) is 26.2 Å². The summed E-state index contributed by atoms with van der Waals surface area (Å²) in [7, 11) is 0. The summed E-state index contributed by atoms with van der Waals surface area (Å²) in [6.07, 6.45) is 1.32. The van der Waals surface area contributed by atoms with E-state index in [1.54, 1.807) is 18.3 Å². The van der Waals surface area contributed by atoms with Crippen molar-refractivity contribution in [3.05, 3.63) is 76.1 Å². The van der Waals surface area contributed by atoms with E-state index in [-0.39, 0.29) is 17.0 Å². The SMILES string of the molecule is Cc1nc(N/N=C/c2cc([N+](=O)[O-])ccc2O)c2cc(-c3ccccc3)sc2n1. The van der Waals surface area contributed by atoms with Crippen LogP contribution in [0.3, 0.4) is 0 Å². The Morgan fingerprint density at radius 2 is 1.97 bits per heavy atom. The van der Waals surface area contributed by atoms with Gasteiger partial charge in [0.15, 0.2) is 5.82 Å². The van der Waals surface area contributed by atoms with Crippen LogP contribution >= 0.6 is 11.3 Å². The summed E-state index contributed by atoms with van der Waals surface area (Å²) in [5, 5.41) is 25.7. The number of aromatic nitrogens is 2. The van der Waals surface area contributed by atoms with Crippen molar-refractivity contribution in [3.63, 3.8) is 0 Å². The largest absolute Gasteiger partial charge is 0.507 e. The Balaban J connectivity index is 1.66. The molecule has 0 aliphatic heterocycles. The van der Waals surface area contributed by atoms with Crippen molar-refractivity contribution in [1.29, 1.82) is 0 Å². The van der Waals surface area contributed by atoms with Crippen LogP contribution in [-0.2, 0) is 0 Å². The molecule has 0 spiro atoms. The van der Waals surface area contributed by atoms with Gasteiger partial charge in [0.25, 0.3) is 5.69 Å². The normalized spacial score (nSPS) is 11.2. The average molecular weight is 405 g/mol. The van der Waals surface area contributed by atoms with Crippen LogP contribution in [0.2, 0.25) is 0 Å². The number of phenols is 1. The number of aromatic hydroxyl groups is 1. The number of nitrogens with zero attached hydrogens (tertiary/aromatic N) is 4. The molecule has 8 nitrogen and oxygen atoms in total. The molecule has 2 aromatic carbocycles. The number of rotatable bonds is 5. The zero-order valence-electron chi connectivity index (χ0n) is 15.2. The maximum absolute atomic E-state index is 10.9. The molecule has 0 atom stereocenters. The Kier molecular flexibility index (Phi) is 4.88. The van der Waals surface area contributed by atoms with Gasteiger partial charge in [-0.3, -0.25) is 15.5 Å². The highest BCUT2D eigenvalue weighted by atomic mass is 32.1. The Morgan fingerprint density at radius 1 is 1.17 bits per heavy atom. The molecule has 4 rings (SSSR count). The van der Waals surface area contributed by atoms with E-state index in [0.717, 1.165) is 20.7 Å². The lowest BCUT2D eigenvalue weighted by molar-refractivity contribution is -0.384. The van der Waals surface area contributed by atoms with Crippen LogP contribution in [0.4, 0.5) is 11.5 Å². The maximum atomic E-state index is 10.9. The minimum atomic E-state index is -0.530. The summed E-state index contributed by atoms with van der Waals surface area (Å²) >= 11 is 1.56. The Morgan fingerprint density at radius 3 is 2.72 bits per heavy atom. The number of nitro benzene ring substituents is 1. The Bertz CT molecular complexity index is 1240. The van der Waals surface area contributed by atoms with Crippen molar-refractivity contribution >= 4 is 39.3 Å². The van der Waals surface area contributed by atoms with Gasteiger partial charge >= 0.3 is 0 Å². The van der Waals surface area contributed by atoms with E-state index >= 15 is 0 Å². The standard InChI is InChI=1S/C20H15N5O3S/c1-12-22-19(24-21-11-14-9-15(25(27)28)7-8-17(14)26)16-10-18(29-20(16)23-12)13-5-3-2-4-6-13/h2-11,26H,1H3,(H,22,23,24)/b21-11+. The van der Waals surface area contributed by atoms with Crippen LogP contribution in [0, 0.1) is 17.0 Å². The maximum Gasteiger partial charge on any atom is 0.270 e. The molecule has 9 heteroatoms. The first-order valence-corrected chi connectivity index (χ1v) is 9.43. The molecule has 2 aromatic heterocycles. The molecule has 144 valence electrons. The third-order valence-corrected chi connectivity index (χ3v) is 5.24. The Hall–Kier alpha value is -3.85. The van der Waals surface area contributed by atoms with Crippen LogP contribution in [0.25, 0.3) is 20.7 Å². The highest BCUT2D eigenvalue weighted by molar-refractivity contribution is 7.21. The lowest BCUT2D eigenvalue weighted by Gasteiger charge is -2.03. The predicted octanol–water partition coefficient (Wildman–Crippen LogP) is 4.73. The number of non-ortho nitro benzene ring substituents is 1. The fourth-order valence-corrected chi connectivity index (χ4v) is 3.86. The molecule has 0 radical (unpaired) electrons. The third kappa shape index (κ3) is 3.90. The van der Waals surface area contributed by atoms with Crippen LogP contribution in [0.1, 0.15) is 11.4 Å². The number of hydrazone groups is 1. The second kappa shape index (κ2) is 7.64. The molecule has 0 bridgehead atoms. The summed E-state index contributed by atoms with van der Waals surface area (Å²) < 4.78 is 0. The number of nitro groups is 1. The smallest absolute Gasteiger partial charge is 0.270 e. The van der Waals surface area contributed by atoms with Crippen molar-refractivity contribution in [2.75, 3.05) is 5.43 Å². The van der Waals surface area contributed by atoms with Crippen molar-refractivity contribution in [2.24, 2.45) is 5.10 Å². The van der Waals surface area contributed by atoms with Gasteiger partial charge in [0.2, 0.25) is 0 Å². The van der Waals surface area contributed by atoms with Gasteiger partial charge in [0.05, 0.1) is 16.5 Å². The van der Waals surface area contributed by atoms with Crippen molar-refractivity contribution < 1.29 is 10.0 Å². The topological polar surface area (TPSA) is 114 Å². The van der Waals surface area contributed by atoms with Gasteiger partial charge in [-0.15, -0.1) is 11.3 Å². The quantitative estimate of drug-likeness (QED) is 0.282. The fourth-order valence-electron chi connectivity index (χ4n) is 2.78. The molecular formula is C20H15N5O3S. The lowest BCUT2D eigenvalue weighted by atomic mass is 10.2. The number of hydrogen-bond donors (Lipinski definition) is 2. The van der Waals surface area contributed by atoms with Crippen LogP contribution in [0.5, 0.6) is 5.75 Å². The third-order valence-electron chi connectivity index (χ3n) is 4.16. The predicted molar refractivity (Wildman–Crippen MR) is 114 cm³/mol. The molecule has 2 N–H and O–H groups in total. The van der Waals surface area contributed by atoms with E-state index in [4.69, 9.17) is 0 Å². The number of phenolic OH excluding ortho intramolecular Hbond substituents is 1. The van der Waals surface area contributed by atoms with Gasteiger partial charge in [-0.2, -0.15) is 5.10 Å². The van der Waals surface area contributed by atoms with Gasteiger partial charge in [-0.05, 0) is 24.6 Å². The molecule has 0 saturated carbocycles. The first kappa shape index (κ1) is 18.5. The summed E-state index contributed by atoms with van der Waals surface area (Å²) in [5.41, 5.74) is 4.05. The van der Waals surface area contributed by atoms with Crippen molar-refractivity contribution in [1.82, 2.24) is 9.97 Å². The fraction of sp³-hybridized carbons (Fsp3) is 0.0500. The number of hydrogen-bond acceptors (Lipinski definition) is 8. The zero-order valence-corrected chi connectivity index (χ0v) is 16.1. The minimum absolute atomic E-state index is 0.105. The number of aryl methyl sites for hydroxylation is 1. The molecule has 2 heterocycles. The highest BCUT2D eigenvalue weighted by Gasteiger charge is 2.12. The average Bonchev–Trinajstić information content (AvgIpc) is 3.14. The summed E-state index contributed by atoms with van der Waals surface area (Å²) in [4.78, 5) is 21.2. The van der Waals surface area contributed by atoms with E-state index in [1.807, 2.05) is 36.4 Å². The van der Waals surface area contributed by atoms with E-state index in [9.17, 15) is 15.2 Å². The molecule has 0 aliphatic carbocycles. The second-order valence-corrected chi connectivity index (χ2v) is 7.22.